The van der Waals surface area contributed by atoms with Gasteiger partial charge in [0.25, 0.3) is 5.91 Å². The number of hydrogen-bond acceptors (Lipinski definition) is 6. The number of carbonyl (C=O) groups is 1. The zero-order chi connectivity index (χ0) is 20.4. The molecule has 1 aliphatic heterocycles. The number of aryl methyl sites for hydroxylation is 1. The van der Waals surface area contributed by atoms with Crippen LogP contribution < -0.4 is 5.32 Å². The Balaban J connectivity index is 1.48. The molecule has 0 unspecified atom stereocenters. The van der Waals surface area contributed by atoms with Crippen LogP contribution in [0.3, 0.4) is 0 Å². The Morgan fingerprint density at radius 2 is 2.07 bits per heavy atom. The SMILES string of the molecule is Cc1ccc(S(=O)(=O)N2CCCC2)cc1C(=O)NCc1coc(-c2cccs2)n1. The second-order valence-corrected chi connectivity index (χ2v) is 9.78. The smallest absolute Gasteiger partial charge is 0.251 e. The highest BCUT2D eigenvalue weighted by molar-refractivity contribution is 7.89. The Labute approximate surface area is 173 Å². The Morgan fingerprint density at radius 1 is 1.28 bits per heavy atom. The second kappa shape index (κ2) is 8.10. The lowest BCUT2D eigenvalue weighted by Gasteiger charge is -2.16. The van der Waals surface area contributed by atoms with E-state index in [0.29, 0.717) is 35.8 Å². The molecule has 0 bridgehead atoms. The molecule has 1 aromatic carbocycles. The van der Waals surface area contributed by atoms with E-state index in [1.165, 1.54) is 28.0 Å². The average molecular weight is 432 g/mol. The van der Waals surface area contributed by atoms with E-state index >= 15 is 0 Å². The van der Waals surface area contributed by atoms with Gasteiger partial charge in [-0.05, 0) is 48.9 Å². The number of rotatable bonds is 6. The normalized spacial score (nSPS) is 14.9. The molecule has 7 nitrogen and oxygen atoms in total. The van der Waals surface area contributed by atoms with Crippen LogP contribution in [0.2, 0.25) is 0 Å². The van der Waals surface area contributed by atoms with E-state index in [2.05, 4.69) is 10.3 Å². The summed E-state index contributed by atoms with van der Waals surface area (Å²) in [6.45, 7) is 3.02. The average Bonchev–Trinajstić information content (AvgIpc) is 3.48. The van der Waals surface area contributed by atoms with Crippen molar-refractivity contribution in [2.45, 2.75) is 31.2 Å². The molecule has 2 aromatic heterocycles. The highest BCUT2D eigenvalue weighted by Gasteiger charge is 2.28. The van der Waals surface area contributed by atoms with Gasteiger partial charge in [0.15, 0.2) is 0 Å². The van der Waals surface area contributed by atoms with E-state index in [0.717, 1.165) is 17.7 Å². The molecule has 3 aromatic rings. The number of amides is 1. The molecule has 0 radical (unpaired) electrons. The fourth-order valence-corrected chi connectivity index (χ4v) is 5.45. The second-order valence-electron chi connectivity index (χ2n) is 6.89. The number of aromatic nitrogens is 1. The van der Waals surface area contributed by atoms with E-state index < -0.39 is 10.0 Å². The van der Waals surface area contributed by atoms with Crippen molar-refractivity contribution in [1.29, 1.82) is 0 Å². The summed E-state index contributed by atoms with van der Waals surface area (Å²) in [5.41, 5.74) is 1.65. The molecular weight excluding hydrogens is 410 g/mol. The van der Waals surface area contributed by atoms with Crippen LogP contribution in [0.25, 0.3) is 10.8 Å². The minimum Gasteiger partial charge on any atom is -0.443 e. The molecular formula is C20H21N3O4S2. The van der Waals surface area contributed by atoms with Crippen LogP contribution >= 0.6 is 11.3 Å². The van der Waals surface area contributed by atoms with Crippen molar-refractivity contribution in [2.24, 2.45) is 0 Å². The van der Waals surface area contributed by atoms with E-state index in [1.807, 2.05) is 17.5 Å². The number of nitrogens with one attached hydrogen (secondary N) is 1. The van der Waals surface area contributed by atoms with Crippen LogP contribution in [0.1, 0.15) is 34.5 Å². The molecule has 4 rings (SSSR count). The van der Waals surface area contributed by atoms with Gasteiger partial charge in [-0.25, -0.2) is 13.4 Å². The van der Waals surface area contributed by atoms with Crippen molar-refractivity contribution >= 4 is 27.3 Å². The predicted molar refractivity (Wildman–Crippen MR) is 110 cm³/mol. The van der Waals surface area contributed by atoms with Gasteiger partial charge in [0.05, 0.1) is 22.0 Å². The highest BCUT2D eigenvalue weighted by atomic mass is 32.2. The Hall–Kier alpha value is -2.49. The first-order valence-electron chi connectivity index (χ1n) is 9.32. The van der Waals surface area contributed by atoms with Crippen molar-refractivity contribution in [3.8, 4) is 10.8 Å². The molecule has 3 heterocycles. The number of sulfonamides is 1. The number of carbonyl (C=O) groups excluding carboxylic acids is 1. The summed E-state index contributed by atoms with van der Waals surface area (Å²) in [6.07, 6.45) is 3.24. The number of benzene rings is 1. The minimum atomic E-state index is -3.57. The molecule has 0 aliphatic carbocycles. The lowest BCUT2D eigenvalue weighted by atomic mass is 10.1. The van der Waals surface area contributed by atoms with Gasteiger partial charge in [-0.15, -0.1) is 11.3 Å². The lowest BCUT2D eigenvalue weighted by molar-refractivity contribution is 0.0949. The van der Waals surface area contributed by atoms with Gasteiger partial charge in [0.1, 0.15) is 6.26 Å². The standard InChI is InChI=1S/C20H21N3O4S2/c1-14-6-7-16(29(25,26)23-8-2-3-9-23)11-17(14)19(24)21-12-15-13-27-20(22-15)18-5-4-10-28-18/h4-7,10-11,13H,2-3,8-9,12H2,1H3,(H,21,24). The van der Waals surface area contributed by atoms with Gasteiger partial charge in [0.2, 0.25) is 15.9 Å². The monoisotopic (exact) mass is 431 g/mol. The summed E-state index contributed by atoms with van der Waals surface area (Å²) < 4.78 is 32.5. The molecule has 1 fully saturated rings. The lowest BCUT2D eigenvalue weighted by Crippen LogP contribution is -2.29. The van der Waals surface area contributed by atoms with E-state index in [9.17, 15) is 13.2 Å². The zero-order valence-corrected chi connectivity index (χ0v) is 17.6. The molecule has 152 valence electrons. The molecule has 0 saturated carbocycles. The number of hydrogen-bond donors (Lipinski definition) is 1. The van der Waals surface area contributed by atoms with Gasteiger partial charge in [-0.3, -0.25) is 4.79 Å². The third-order valence-electron chi connectivity index (χ3n) is 4.87. The largest absolute Gasteiger partial charge is 0.443 e. The van der Waals surface area contributed by atoms with Crippen LogP contribution in [0.15, 0.2) is 51.3 Å². The first kappa shape index (κ1) is 19.8. The number of nitrogens with zero attached hydrogens (tertiary/aromatic N) is 2. The molecule has 1 aliphatic rings. The van der Waals surface area contributed by atoms with Gasteiger partial charge in [0, 0.05) is 18.7 Å². The minimum absolute atomic E-state index is 0.150. The Bertz CT molecular complexity index is 1110. The molecule has 1 N–H and O–H groups in total. The van der Waals surface area contributed by atoms with Crippen molar-refractivity contribution in [2.75, 3.05) is 13.1 Å². The topological polar surface area (TPSA) is 92.5 Å². The van der Waals surface area contributed by atoms with Crippen LogP contribution in [-0.2, 0) is 16.6 Å². The fraction of sp³-hybridized carbons (Fsp3) is 0.300. The third-order valence-corrected chi connectivity index (χ3v) is 7.62. The molecule has 9 heteroatoms. The Kier molecular flexibility index (Phi) is 5.53. The molecule has 29 heavy (non-hydrogen) atoms. The van der Waals surface area contributed by atoms with E-state index in [4.69, 9.17) is 4.42 Å². The quantitative estimate of drug-likeness (QED) is 0.646. The fourth-order valence-electron chi connectivity index (χ4n) is 3.25. The third kappa shape index (κ3) is 4.12. The molecule has 1 saturated heterocycles. The van der Waals surface area contributed by atoms with E-state index in [-0.39, 0.29) is 17.3 Å². The van der Waals surface area contributed by atoms with E-state index in [1.54, 1.807) is 19.1 Å². The van der Waals surface area contributed by atoms with Crippen LogP contribution in [0.4, 0.5) is 0 Å². The first-order chi connectivity index (χ1) is 13.9. The van der Waals surface area contributed by atoms with Crippen LogP contribution in [0.5, 0.6) is 0 Å². The maximum Gasteiger partial charge on any atom is 0.251 e. The van der Waals surface area contributed by atoms with Crippen molar-refractivity contribution in [1.82, 2.24) is 14.6 Å². The van der Waals surface area contributed by atoms with Crippen LogP contribution in [-0.4, -0.2) is 36.7 Å². The van der Waals surface area contributed by atoms with Crippen molar-refractivity contribution < 1.29 is 17.6 Å². The molecule has 0 spiro atoms. The van der Waals surface area contributed by atoms with Gasteiger partial charge in [-0.2, -0.15) is 4.31 Å². The number of thiophene rings is 1. The molecule has 0 atom stereocenters. The summed E-state index contributed by atoms with van der Waals surface area (Å²) in [4.78, 5) is 18.1. The summed E-state index contributed by atoms with van der Waals surface area (Å²) in [6, 6.07) is 8.51. The van der Waals surface area contributed by atoms with Gasteiger partial charge in [-0.1, -0.05) is 12.1 Å². The number of oxazole rings is 1. The maximum absolute atomic E-state index is 12.8. The van der Waals surface area contributed by atoms with Crippen molar-refractivity contribution in [3.63, 3.8) is 0 Å². The van der Waals surface area contributed by atoms with Gasteiger partial charge >= 0.3 is 0 Å². The molecule has 1 amide bonds. The highest BCUT2D eigenvalue weighted by Crippen LogP contribution is 2.24. The predicted octanol–water partition coefficient (Wildman–Crippen LogP) is 3.43. The zero-order valence-electron chi connectivity index (χ0n) is 15.9. The Morgan fingerprint density at radius 3 is 2.79 bits per heavy atom. The van der Waals surface area contributed by atoms with Gasteiger partial charge < -0.3 is 9.73 Å². The summed E-state index contributed by atoms with van der Waals surface area (Å²) in [7, 11) is -3.57. The first-order valence-corrected chi connectivity index (χ1v) is 11.6. The van der Waals surface area contributed by atoms with Crippen LogP contribution in [0, 0.1) is 6.92 Å². The maximum atomic E-state index is 12.8. The van der Waals surface area contributed by atoms with Crippen molar-refractivity contribution in [3.05, 3.63) is 58.8 Å². The summed E-state index contributed by atoms with van der Waals surface area (Å²) in [5.74, 6) is 0.167. The summed E-state index contributed by atoms with van der Waals surface area (Å²) >= 11 is 1.52. The summed E-state index contributed by atoms with van der Waals surface area (Å²) in [5, 5.41) is 4.73.